The number of carbonyl (C=O) groups excluding carboxylic acids is 1. The van der Waals surface area contributed by atoms with Gasteiger partial charge in [-0.1, -0.05) is 12.1 Å². The Morgan fingerprint density at radius 2 is 1.96 bits per heavy atom. The van der Waals surface area contributed by atoms with E-state index in [1.807, 2.05) is 17.0 Å². The molecular weight excluding hydrogens is 320 g/mol. The number of likely N-dealkylation sites (tertiary alicyclic amines) is 2. The van der Waals surface area contributed by atoms with Crippen LogP contribution in [0.5, 0.6) is 0 Å². The van der Waals surface area contributed by atoms with Crippen LogP contribution in [0, 0.1) is 5.92 Å². The number of aliphatic hydroxyl groups is 1. The van der Waals surface area contributed by atoms with E-state index < -0.39 is 5.97 Å². The van der Waals surface area contributed by atoms with Crippen LogP contribution in [-0.4, -0.2) is 64.2 Å². The highest BCUT2D eigenvalue weighted by molar-refractivity contribution is 5.87. The number of carboxylic acid groups (broad SMARTS) is 1. The summed E-state index contributed by atoms with van der Waals surface area (Å²) in [6, 6.07) is 7.38. The molecule has 0 saturated carbocycles. The Morgan fingerprint density at radius 1 is 1.20 bits per heavy atom. The zero-order valence-corrected chi connectivity index (χ0v) is 14.4. The van der Waals surface area contributed by atoms with E-state index in [-0.39, 0.29) is 12.5 Å². The van der Waals surface area contributed by atoms with Gasteiger partial charge in [-0.3, -0.25) is 9.69 Å². The van der Waals surface area contributed by atoms with Crippen LogP contribution in [0.25, 0.3) is 0 Å². The standard InChI is InChI=1S/C19H26N2O4/c22-11-1-9-21-17-8-10-20(13-16(17)6-7-18(21)23)12-14-2-4-15(5-3-14)19(24)25/h2-5,16-17,22H,1,6-13H2,(H,24,25)/t16-,17+/m0/s1. The molecule has 2 saturated heterocycles. The highest BCUT2D eigenvalue weighted by Crippen LogP contribution is 2.32. The lowest BCUT2D eigenvalue weighted by Crippen LogP contribution is -2.56. The molecule has 2 atom stereocenters. The first-order valence-corrected chi connectivity index (χ1v) is 9.03. The van der Waals surface area contributed by atoms with Crippen LogP contribution >= 0.6 is 0 Å². The monoisotopic (exact) mass is 346 g/mol. The van der Waals surface area contributed by atoms with Gasteiger partial charge in [0, 0.05) is 45.2 Å². The zero-order chi connectivity index (χ0) is 17.8. The number of aliphatic hydroxyl groups excluding tert-OH is 1. The second kappa shape index (κ2) is 7.97. The van der Waals surface area contributed by atoms with E-state index >= 15 is 0 Å². The summed E-state index contributed by atoms with van der Waals surface area (Å²) >= 11 is 0. The van der Waals surface area contributed by atoms with Gasteiger partial charge in [-0.05, 0) is 42.9 Å². The predicted molar refractivity (Wildman–Crippen MR) is 93.2 cm³/mol. The van der Waals surface area contributed by atoms with Gasteiger partial charge in [0.25, 0.3) is 0 Å². The van der Waals surface area contributed by atoms with Crippen molar-refractivity contribution in [1.29, 1.82) is 0 Å². The van der Waals surface area contributed by atoms with Crippen molar-refractivity contribution in [3.63, 3.8) is 0 Å². The maximum absolute atomic E-state index is 12.2. The number of benzene rings is 1. The number of hydrogen-bond donors (Lipinski definition) is 2. The third kappa shape index (κ3) is 4.19. The minimum atomic E-state index is -0.901. The Kier molecular flexibility index (Phi) is 5.71. The Morgan fingerprint density at radius 3 is 2.64 bits per heavy atom. The molecule has 0 aromatic heterocycles. The predicted octanol–water partition coefficient (Wildman–Crippen LogP) is 1.58. The smallest absolute Gasteiger partial charge is 0.335 e. The van der Waals surface area contributed by atoms with Crippen molar-refractivity contribution in [3.8, 4) is 0 Å². The van der Waals surface area contributed by atoms with Crippen molar-refractivity contribution in [1.82, 2.24) is 9.80 Å². The van der Waals surface area contributed by atoms with Gasteiger partial charge in [-0.25, -0.2) is 4.79 Å². The third-order valence-corrected chi connectivity index (χ3v) is 5.39. The Labute approximate surface area is 148 Å². The lowest BCUT2D eigenvalue weighted by Gasteiger charge is -2.47. The summed E-state index contributed by atoms with van der Waals surface area (Å²) in [6.45, 7) is 3.50. The van der Waals surface area contributed by atoms with Gasteiger partial charge < -0.3 is 15.1 Å². The normalized spacial score (nSPS) is 24.2. The lowest BCUT2D eigenvalue weighted by atomic mass is 9.83. The SMILES string of the molecule is O=C(O)c1ccc(CN2CC[C@@H]3[C@@H](CCC(=O)N3CCCO)C2)cc1. The van der Waals surface area contributed by atoms with Crippen molar-refractivity contribution in [3.05, 3.63) is 35.4 Å². The van der Waals surface area contributed by atoms with E-state index in [0.29, 0.717) is 36.9 Å². The second-order valence-electron chi connectivity index (χ2n) is 7.06. The number of fused-ring (bicyclic) bond motifs is 1. The summed E-state index contributed by atoms with van der Waals surface area (Å²) in [5, 5.41) is 18.0. The molecule has 2 aliphatic rings. The molecule has 2 N–H and O–H groups in total. The van der Waals surface area contributed by atoms with Crippen LogP contribution in [0.1, 0.15) is 41.6 Å². The first kappa shape index (κ1) is 17.9. The topological polar surface area (TPSA) is 81.1 Å². The van der Waals surface area contributed by atoms with Crippen LogP contribution in [0.15, 0.2) is 24.3 Å². The summed E-state index contributed by atoms with van der Waals surface area (Å²) in [5.74, 6) is -0.182. The molecule has 136 valence electrons. The Hall–Kier alpha value is -1.92. The van der Waals surface area contributed by atoms with E-state index in [2.05, 4.69) is 4.90 Å². The highest BCUT2D eigenvalue weighted by atomic mass is 16.4. The van der Waals surface area contributed by atoms with Gasteiger partial charge in [0.15, 0.2) is 0 Å². The van der Waals surface area contributed by atoms with E-state index in [4.69, 9.17) is 10.2 Å². The van der Waals surface area contributed by atoms with Crippen molar-refractivity contribution in [2.75, 3.05) is 26.2 Å². The van der Waals surface area contributed by atoms with Gasteiger partial charge in [0.05, 0.1) is 5.56 Å². The Balaban J connectivity index is 1.59. The van der Waals surface area contributed by atoms with Crippen molar-refractivity contribution < 1.29 is 19.8 Å². The van der Waals surface area contributed by atoms with Gasteiger partial charge >= 0.3 is 5.97 Å². The molecule has 0 spiro atoms. The minimum Gasteiger partial charge on any atom is -0.478 e. The largest absolute Gasteiger partial charge is 0.478 e. The van der Waals surface area contributed by atoms with Gasteiger partial charge in [-0.15, -0.1) is 0 Å². The maximum atomic E-state index is 12.2. The average molecular weight is 346 g/mol. The molecular formula is C19H26N2O4. The number of carboxylic acids is 1. The number of piperidine rings is 2. The number of nitrogens with zero attached hydrogens (tertiary/aromatic N) is 2. The summed E-state index contributed by atoms with van der Waals surface area (Å²) in [6.07, 6.45) is 3.16. The van der Waals surface area contributed by atoms with Crippen LogP contribution < -0.4 is 0 Å². The molecule has 2 fully saturated rings. The fraction of sp³-hybridized carbons (Fsp3) is 0.579. The molecule has 0 radical (unpaired) electrons. The molecule has 25 heavy (non-hydrogen) atoms. The molecule has 6 nitrogen and oxygen atoms in total. The number of amides is 1. The molecule has 0 aliphatic carbocycles. The van der Waals surface area contributed by atoms with Gasteiger partial charge in [-0.2, -0.15) is 0 Å². The summed E-state index contributed by atoms with van der Waals surface area (Å²) in [7, 11) is 0. The summed E-state index contributed by atoms with van der Waals surface area (Å²) in [4.78, 5) is 27.5. The van der Waals surface area contributed by atoms with Gasteiger partial charge in [0.2, 0.25) is 5.91 Å². The quantitative estimate of drug-likeness (QED) is 0.817. The van der Waals surface area contributed by atoms with Crippen LogP contribution in [0.4, 0.5) is 0 Å². The minimum absolute atomic E-state index is 0.125. The molecule has 2 heterocycles. The molecule has 6 heteroatoms. The van der Waals surface area contributed by atoms with Crippen molar-refractivity contribution >= 4 is 11.9 Å². The molecule has 3 rings (SSSR count). The average Bonchev–Trinajstić information content (AvgIpc) is 2.61. The molecule has 1 aromatic rings. The summed E-state index contributed by atoms with van der Waals surface area (Å²) in [5.41, 5.74) is 1.43. The van der Waals surface area contributed by atoms with E-state index in [0.717, 1.165) is 38.0 Å². The summed E-state index contributed by atoms with van der Waals surface area (Å²) < 4.78 is 0. The number of carbonyl (C=O) groups is 2. The number of rotatable bonds is 6. The molecule has 1 aromatic carbocycles. The lowest BCUT2D eigenvalue weighted by molar-refractivity contribution is -0.141. The second-order valence-corrected chi connectivity index (χ2v) is 7.06. The van der Waals surface area contributed by atoms with E-state index in [1.54, 1.807) is 12.1 Å². The third-order valence-electron chi connectivity index (χ3n) is 5.39. The molecule has 2 aliphatic heterocycles. The molecule has 0 unspecified atom stereocenters. The van der Waals surface area contributed by atoms with Gasteiger partial charge in [0.1, 0.15) is 0 Å². The van der Waals surface area contributed by atoms with E-state index in [9.17, 15) is 9.59 Å². The van der Waals surface area contributed by atoms with Crippen LogP contribution in [0.2, 0.25) is 0 Å². The van der Waals surface area contributed by atoms with Crippen LogP contribution in [0.3, 0.4) is 0 Å². The van der Waals surface area contributed by atoms with E-state index in [1.165, 1.54) is 0 Å². The fourth-order valence-electron chi connectivity index (χ4n) is 4.11. The van der Waals surface area contributed by atoms with Crippen molar-refractivity contribution in [2.24, 2.45) is 5.92 Å². The first-order valence-electron chi connectivity index (χ1n) is 9.03. The fourth-order valence-corrected chi connectivity index (χ4v) is 4.11. The number of aromatic carboxylic acids is 1. The number of hydrogen-bond acceptors (Lipinski definition) is 4. The highest BCUT2D eigenvalue weighted by Gasteiger charge is 2.38. The van der Waals surface area contributed by atoms with Crippen LogP contribution in [-0.2, 0) is 11.3 Å². The molecule has 1 amide bonds. The first-order chi connectivity index (χ1) is 12.1. The zero-order valence-electron chi connectivity index (χ0n) is 14.4. The molecule has 0 bridgehead atoms. The van der Waals surface area contributed by atoms with Crippen molar-refractivity contribution in [2.45, 2.75) is 38.3 Å². The maximum Gasteiger partial charge on any atom is 0.335 e. The Bertz CT molecular complexity index is 616.